The summed E-state index contributed by atoms with van der Waals surface area (Å²) in [7, 11) is 0. The molecule has 0 radical (unpaired) electrons. The lowest BCUT2D eigenvalue weighted by Gasteiger charge is -2.29. The highest BCUT2D eigenvalue weighted by atomic mass is 16.2. The van der Waals surface area contributed by atoms with Crippen molar-refractivity contribution in [2.75, 3.05) is 28.6 Å². The molecule has 0 atom stereocenters. The third-order valence-electron chi connectivity index (χ3n) is 4.55. The number of amides is 2. The van der Waals surface area contributed by atoms with Gasteiger partial charge < -0.3 is 15.5 Å². The van der Waals surface area contributed by atoms with Crippen LogP contribution in [0.4, 0.5) is 17.2 Å². The van der Waals surface area contributed by atoms with Gasteiger partial charge in [0.25, 0.3) is 5.91 Å². The summed E-state index contributed by atoms with van der Waals surface area (Å²) in [5.41, 5.74) is 2.69. The summed E-state index contributed by atoms with van der Waals surface area (Å²) >= 11 is 0. The topological polar surface area (TPSA) is 87.2 Å². The maximum Gasteiger partial charge on any atom is 0.257 e. The number of hydrogen-bond acceptors (Lipinski definition) is 5. The SMILES string of the molecule is Cc1ccncc1NC(=O)c1cnc2c(c1)N(CC1CC1)C(=O)CN2. The highest BCUT2D eigenvalue weighted by Crippen LogP contribution is 2.35. The molecule has 4 rings (SSSR count). The van der Waals surface area contributed by atoms with Crippen LogP contribution < -0.4 is 15.5 Å². The van der Waals surface area contributed by atoms with E-state index in [0.717, 1.165) is 18.4 Å². The van der Waals surface area contributed by atoms with E-state index in [-0.39, 0.29) is 18.4 Å². The molecule has 1 aliphatic heterocycles. The lowest BCUT2D eigenvalue weighted by Crippen LogP contribution is -2.41. The molecule has 0 spiro atoms. The number of carbonyl (C=O) groups excluding carboxylic acids is 2. The Labute approximate surface area is 145 Å². The lowest BCUT2D eigenvalue weighted by molar-refractivity contribution is -0.117. The Balaban J connectivity index is 1.61. The van der Waals surface area contributed by atoms with Gasteiger partial charge in [-0.2, -0.15) is 0 Å². The van der Waals surface area contributed by atoms with Gasteiger partial charge in [-0.25, -0.2) is 4.98 Å². The van der Waals surface area contributed by atoms with Gasteiger partial charge >= 0.3 is 0 Å². The molecule has 25 heavy (non-hydrogen) atoms. The number of pyridine rings is 2. The van der Waals surface area contributed by atoms with Crippen molar-refractivity contribution >= 4 is 29.0 Å². The number of nitrogens with zero attached hydrogens (tertiary/aromatic N) is 3. The summed E-state index contributed by atoms with van der Waals surface area (Å²) in [5.74, 6) is 0.956. The standard InChI is InChI=1S/C18H19N5O2/c1-11-4-5-19-8-14(11)22-18(25)13-6-15-17(20-7-13)21-9-16(24)23(15)10-12-2-3-12/h4-8,12H,2-3,9-10H2,1H3,(H,20,21)(H,22,25). The Bertz CT molecular complexity index is 847. The summed E-state index contributed by atoms with van der Waals surface area (Å²) in [6.45, 7) is 2.84. The average Bonchev–Trinajstić information content (AvgIpc) is 3.43. The molecule has 2 aliphatic rings. The Hall–Kier alpha value is -2.96. The fraction of sp³-hybridized carbons (Fsp3) is 0.333. The van der Waals surface area contributed by atoms with Crippen molar-refractivity contribution in [2.24, 2.45) is 5.92 Å². The first kappa shape index (κ1) is 15.6. The van der Waals surface area contributed by atoms with Crippen LogP contribution in [0.15, 0.2) is 30.7 Å². The minimum Gasteiger partial charge on any atom is -0.359 e. The maximum atomic E-state index is 12.6. The Morgan fingerprint density at radius 3 is 3.00 bits per heavy atom. The summed E-state index contributed by atoms with van der Waals surface area (Å²) in [5, 5.41) is 5.86. The molecule has 7 heteroatoms. The number of aromatic nitrogens is 2. The summed E-state index contributed by atoms with van der Waals surface area (Å²) in [6, 6.07) is 3.57. The van der Waals surface area contributed by atoms with E-state index < -0.39 is 0 Å². The van der Waals surface area contributed by atoms with Crippen molar-refractivity contribution in [1.82, 2.24) is 9.97 Å². The fourth-order valence-corrected chi connectivity index (χ4v) is 2.86. The quantitative estimate of drug-likeness (QED) is 0.893. The average molecular weight is 337 g/mol. The molecule has 0 saturated heterocycles. The minimum atomic E-state index is -0.268. The predicted molar refractivity (Wildman–Crippen MR) is 94.7 cm³/mol. The van der Waals surface area contributed by atoms with Crippen LogP contribution in [-0.2, 0) is 4.79 Å². The zero-order valence-corrected chi connectivity index (χ0v) is 14.0. The number of rotatable bonds is 4. The normalized spacial score (nSPS) is 16.2. The Morgan fingerprint density at radius 2 is 2.24 bits per heavy atom. The van der Waals surface area contributed by atoms with Crippen LogP contribution in [-0.4, -0.2) is 34.9 Å². The summed E-state index contributed by atoms with van der Waals surface area (Å²) < 4.78 is 0. The molecule has 0 aromatic carbocycles. The largest absolute Gasteiger partial charge is 0.359 e. The molecule has 128 valence electrons. The van der Waals surface area contributed by atoms with E-state index in [0.29, 0.717) is 35.2 Å². The van der Waals surface area contributed by atoms with Gasteiger partial charge in [0.05, 0.1) is 29.7 Å². The number of carbonyl (C=O) groups is 2. The second kappa shape index (κ2) is 6.16. The van der Waals surface area contributed by atoms with Gasteiger partial charge in [-0.05, 0) is 43.4 Å². The molecule has 0 bridgehead atoms. The second-order valence-corrected chi connectivity index (χ2v) is 6.54. The van der Waals surface area contributed by atoms with Crippen molar-refractivity contribution in [1.29, 1.82) is 0 Å². The van der Waals surface area contributed by atoms with Crippen LogP contribution in [0.2, 0.25) is 0 Å². The molecule has 1 aliphatic carbocycles. The Morgan fingerprint density at radius 1 is 1.40 bits per heavy atom. The van der Waals surface area contributed by atoms with Gasteiger partial charge in [-0.3, -0.25) is 14.6 Å². The van der Waals surface area contributed by atoms with Gasteiger partial charge in [-0.1, -0.05) is 0 Å². The van der Waals surface area contributed by atoms with E-state index in [2.05, 4.69) is 20.6 Å². The molecular weight excluding hydrogens is 318 g/mol. The predicted octanol–water partition coefficient (Wildman–Crippen LogP) is 2.21. The van der Waals surface area contributed by atoms with Crippen molar-refractivity contribution in [3.63, 3.8) is 0 Å². The van der Waals surface area contributed by atoms with E-state index in [1.54, 1.807) is 23.4 Å². The van der Waals surface area contributed by atoms with Crippen LogP contribution in [0, 0.1) is 12.8 Å². The van der Waals surface area contributed by atoms with Crippen LogP contribution in [0.5, 0.6) is 0 Å². The van der Waals surface area contributed by atoms with Gasteiger partial charge in [0.1, 0.15) is 5.82 Å². The monoisotopic (exact) mass is 337 g/mol. The van der Waals surface area contributed by atoms with Crippen molar-refractivity contribution in [3.05, 3.63) is 41.9 Å². The Kier molecular flexibility index (Phi) is 3.83. The molecule has 2 aromatic rings. The van der Waals surface area contributed by atoms with Gasteiger partial charge in [0, 0.05) is 18.9 Å². The van der Waals surface area contributed by atoms with Crippen LogP contribution in [0.1, 0.15) is 28.8 Å². The van der Waals surface area contributed by atoms with Crippen LogP contribution in [0.3, 0.4) is 0 Å². The maximum absolute atomic E-state index is 12.6. The van der Waals surface area contributed by atoms with Crippen molar-refractivity contribution < 1.29 is 9.59 Å². The summed E-state index contributed by atoms with van der Waals surface area (Å²) in [4.78, 5) is 35.0. The number of aryl methyl sites for hydroxylation is 1. The zero-order chi connectivity index (χ0) is 17.4. The fourth-order valence-electron chi connectivity index (χ4n) is 2.86. The van der Waals surface area contributed by atoms with E-state index in [1.807, 2.05) is 13.0 Å². The van der Waals surface area contributed by atoms with Gasteiger partial charge in [-0.15, -0.1) is 0 Å². The first-order chi connectivity index (χ1) is 12.1. The summed E-state index contributed by atoms with van der Waals surface area (Å²) in [6.07, 6.45) is 7.13. The second-order valence-electron chi connectivity index (χ2n) is 6.54. The van der Waals surface area contributed by atoms with E-state index in [1.165, 1.54) is 6.20 Å². The molecule has 2 amide bonds. The zero-order valence-electron chi connectivity index (χ0n) is 14.0. The molecule has 2 aromatic heterocycles. The number of fused-ring (bicyclic) bond motifs is 1. The highest BCUT2D eigenvalue weighted by molar-refractivity contribution is 6.07. The van der Waals surface area contributed by atoms with Crippen LogP contribution in [0.25, 0.3) is 0 Å². The number of nitrogens with one attached hydrogen (secondary N) is 2. The molecular formula is C18H19N5O2. The molecule has 0 unspecified atom stereocenters. The molecule has 1 saturated carbocycles. The first-order valence-corrected chi connectivity index (χ1v) is 8.38. The smallest absolute Gasteiger partial charge is 0.257 e. The van der Waals surface area contributed by atoms with Gasteiger partial charge in [0.2, 0.25) is 5.91 Å². The van der Waals surface area contributed by atoms with Crippen LogP contribution >= 0.6 is 0 Å². The molecule has 2 N–H and O–H groups in total. The third kappa shape index (κ3) is 3.17. The number of anilines is 3. The third-order valence-corrected chi connectivity index (χ3v) is 4.55. The minimum absolute atomic E-state index is 0.0156. The van der Waals surface area contributed by atoms with Gasteiger partial charge in [0.15, 0.2) is 0 Å². The lowest BCUT2D eigenvalue weighted by atomic mass is 10.1. The first-order valence-electron chi connectivity index (χ1n) is 8.38. The van der Waals surface area contributed by atoms with E-state index in [4.69, 9.17) is 0 Å². The van der Waals surface area contributed by atoms with E-state index >= 15 is 0 Å². The number of hydrogen-bond donors (Lipinski definition) is 2. The molecule has 1 fully saturated rings. The molecule has 3 heterocycles. The highest BCUT2D eigenvalue weighted by Gasteiger charge is 2.32. The van der Waals surface area contributed by atoms with E-state index in [9.17, 15) is 9.59 Å². The van der Waals surface area contributed by atoms with Crippen molar-refractivity contribution in [3.8, 4) is 0 Å². The molecule has 7 nitrogen and oxygen atoms in total. The van der Waals surface area contributed by atoms with Crippen molar-refractivity contribution in [2.45, 2.75) is 19.8 Å².